The third kappa shape index (κ3) is 4.62. The summed E-state index contributed by atoms with van der Waals surface area (Å²) in [6, 6.07) is -0.604. The molecule has 74 valence electrons. The molecule has 0 aromatic heterocycles. The summed E-state index contributed by atoms with van der Waals surface area (Å²) in [5, 5.41) is 8.68. The average Bonchev–Trinajstić information content (AvgIpc) is 2.03. The van der Waals surface area contributed by atoms with E-state index in [1.54, 1.807) is 0 Å². The van der Waals surface area contributed by atoms with Gasteiger partial charge in [0.1, 0.15) is 0 Å². The lowest BCUT2D eigenvalue weighted by Gasteiger charge is -2.14. The topological polar surface area (TPSA) is 87.7 Å². The molecule has 0 saturated carbocycles. The molecule has 1 atom stereocenters. The molecule has 7 heteroatoms. The van der Waals surface area contributed by atoms with Crippen LogP contribution in [0.4, 0.5) is 0 Å². The van der Waals surface area contributed by atoms with E-state index in [-0.39, 0.29) is 13.2 Å². The van der Waals surface area contributed by atoms with Gasteiger partial charge in [-0.25, -0.2) is 4.72 Å². The minimum absolute atomic E-state index is 0.136. The molecule has 0 radical (unpaired) electrons. The van der Waals surface area contributed by atoms with E-state index in [1.807, 2.05) is 0 Å². The van der Waals surface area contributed by atoms with E-state index in [2.05, 4.69) is 14.2 Å². The van der Waals surface area contributed by atoms with Crippen molar-refractivity contribution in [1.82, 2.24) is 9.44 Å². The van der Waals surface area contributed by atoms with Crippen LogP contribution in [0.1, 0.15) is 0 Å². The largest absolute Gasteiger partial charge is 0.395 e. The number of hydrogen-bond donors (Lipinski definition) is 3. The minimum atomic E-state index is -3.49. The van der Waals surface area contributed by atoms with Crippen molar-refractivity contribution in [3.05, 3.63) is 0 Å². The Bertz CT molecular complexity index is 203. The SMILES string of the molecule is CNS(=O)(=O)NC(CO)COC. The van der Waals surface area contributed by atoms with Crippen LogP contribution in [0.5, 0.6) is 0 Å². The van der Waals surface area contributed by atoms with E-state index in [1.165, 1.54) is 14.2 Å². The highest BCUT2D eigenvalue weighted by Gasteiger charge is 2.14. The summed E-state index contributed by atoms with van der Waals surface area (Å²) in [7, 11) is -0.785. The molecule has 0 heterocycles. The lowest BCUT2D eigenvalue weighted by molar-refractivity contribution is 0.139. The van der Waals surface area contributed by atoms with Crippen molar-refractivity contribution in [2.75, 3.05) is 27.4 Å². The Labute approximate surface area is 72.1 Å². The fourth-order valence-electron chi connectivity index (χ4n) is 0.604. The lowest BCUT2D eigenvalue weighted by atomic mass is 10.4. The standard InChI is InChI=1S/C5H14N2O4S/c1-6-12(9,10)7-5(3-8)4-11-2/h5-8H,3-4H2,1-2H3. The summed E-state index contributed by atoms with van der Waals surface area (Å²) in [6.45, 7) is -0.161. The Hall–Kier alpha value is -0.210. The molecule has 0 aromatic rings. The van der Waals surface area contributed by atoms with Crippen molar-refractivity contribution >= 4 is 10.2 Å². The van der Waals surface area contributed by atoms with Gasteiger partial charge in [0.05, 0.1) is 19.3 Å². The first-order chi connectivity index (χ1) is 5.55. The Morgan fingerprint density at radius 3 is 2.50 bits per heavy atom. The third-order valence-corrected chi connectivity index (χ3v) is 2.36. The fourth-order valence-corrected chi connectivity index (χ4v) is 1.30. The normalized spacial score (nSPS) is 14.6. The number of hydrogen-bond acceptors (Lipinski definition) is 4. The quantitative estimate of drug-likeness (QED) is 0.463. The summed E-state index contributed by atoms with van der Waals surface area (Å²) in [5.41, 5.74) is 0. The van der Waals surface area contributed by atoms with E-state index in [9.17, 15) is 8.42 Å². The first-order valence-corrected chi connectivity index (χ1v) is 4.84. The van der Waals surface area contributed by atoms with Gasteiger partial charge in [-0.05, 0) is 0 Å². The first kappa shape index (κ1) is 11.8. The maximum absolute atomic E-state index is 10.9. The molecule has 0 spiro atoms. The summed E-state index contributed by atoms with van der Waals surface area (Å²) >= 11 is 0. The van der Waals surface area contributed by atoms with E-state index < -0.39 is 16.3 Å². The van der Waals surface area contributed by atoms with Crippen molar-refractivity contribution in [2.45, 2.75) is 6.04 Å². The molecule has 0 aromatic carbocycles. The highest BCUT2D eigenvalue weighted by Crippen LogP contribution is 1.86. The van der Waals surface area contributed by atoms with E-state index in [0.29, 0.717) is 0 Å². The van der Waals surface area contributed by atoms with Gasteiger partial charge in [0.15, 0.2) is 0 Å². The van der Waals surface area contributed by atoms with E-state index >= 15 is 0 Å². The van der Waals surface area contributed by atoms with Crippen molar-refractivity contribution in [1.29, 1.82) is 0 Å². The minimum Gasteiger partial charge on any atom is -0.395 e. The molecule has 0 aliphatic carbocycles. The number of aliphatic hydroxyl groups excluding tert-OH is 1. The number of aliphatic hydroxyl groups is 1. The second kappa shape index (κ2) is 5.44. The maximum atomic E-state index is 10.9. The summed E-state index contributed by atoms with van der Waals surface area (Å²) < 4.78 is 30.6. The van der Waals surface area contributed by atoms with Crippen LogP contribution in [0.2, 0.25) is 0 Å². The number of methoxy groups -OCH3 is 1. The molecular formula is C5H14N2O4S. The Kier molecular flexibility index (Phi) is 5.34. The number of ether oxygens (including phenoxy) is 1. The zero-order chi connectivity index (χ0) is 9.61. The first-order valence-electron chi connectivity index (χ1n) is 3.36. The molecule has 0 aliphatic rings. The van der Waals surface area contributed by atoms with Gasteiger partial charge >= 0.3 is 0 Å². The van der Waals surface area contributed by atoms with Gasteiger partial charge in [-0.3, -0.25) is 0 Å². The van der Waals surface area contributed by atoms with Gasteiger partial charge in [0, 0.05) is 14.2 Å². The molecule has 0 bridgehead atoms. The fraction of sp³-hybridized carbons (Fsp3) is 1.00. The molecule has 12 heavy (non-hydrogen) atoms. The van der Waals surface area contributed by atoms with Crippen LogP contribution in [0.25, 0.3) is 0 Å². The highest BCUT2D eigenvalue weighted by atomic mass is 32.2. The average molecular weight is 198 g/mol. The van der Waals surface area contributed by atoms with Gasteiger partial charge in [0.2, 0.25) is 0 Å². The van der Waals surface area contributed by atoms with E-state index in [0.717, 1.165) is 0 Å². The van der Waals surface area contributed by atoms with Crippen LogP contribution in [-0.4, -0.2) is 46.9 Å². The third-order valence-electron chi connectivity index (χ3n) is 1.18. The van der Waals surface area contributed by atoms with Crippen LogP contribution < -0.4 is 9.44 Å². The van der Waals surface area contributed by atoms with Crippen LogP contribution in [-0.2, 0) is 14.9 Å². The van der Waals surface area contributed by atoms with Gasteiger partial charge in [0.25, 0.3) is 10.2 Å². The van der Waals surface area contributed by atoms with Crippen molar-refractivity contribution in [3.8, 4) is 0 Å². The monoisotopic (exact) mass is 198 g/mol. The Morgan fingerprint density at radius 2 is 2.17 bits per heavy atom. The van der Waals surface area contributed by atoms with Crippen molar-refractivity contribution in [2.24, 2.45) is 0 Å². The van der Waals surface area contributed by atoms with Crippen LogP contribution in [0, 0.1) is 0 Å². The predicted octanol–water partition coefficient (Wildman–Crippen LogP) is -1.95. The van der Waals surface area contributed by atoms with Gasteiger partial charge in [-0.15, -0.1) is 0 Å². The summed E-state index contributed by atoms with van der Waals surface area (Å²) in [4.78, 5) is 0. The zero-order valence-electron chi connectivity index (χ0n) is 7.07. The summed E-state index contributed by atoms with van der Waals surface area (Å²) in [5.74, 6) is 0. The zero-order valence-corrected chi connectivity index (χ0v) is 7.89. The molecule has 0 aliphatic heterocycles. The molecule has 0 saturated heterocycles. The molecular weight excluding hydrogens is 184 g/mol. The maximum Gasteiger partial charge on any atom is 0.277 e. The molecule has 1 unspecified atom stereocenters. The molecule has 0 fully saturated rings. The molecule has 0 rings (SSSR count). The highest BCUT2D eigenvalue weighted by molar-refractivity contribution is 7.87. The van der Waals surface area contributed by atoms with Crippen LogP contribution in [0.15, 0.2) is 0 Å². The molecule has 3 N–H and O–H groups in total. The Morgan fingerprint density at radius 1 is 1.58 bits per heavy atom. The second-order valence-electron chi connectivity index (χ2n) is 2.16. The van der Waals surface area contributed by atoms with Crippen LogP contribution in [0.3, 0.4) is 0 Å². The number of rotatable bonds is 6. The predicted molar refractivity (Wildman–Crippen MR) is 43.9 cm³/mol. The Balaban J connectivity index is 4.02. The van der Waals surface area contributed by atoms with Gasteiger partial charge in [-0.2, -0.15) is 13.1 Å². The summed E-state index contributed by atoms with van der Waals surface area (Å²) in [6.07, 6.45) is 0. The second-order valence-corrected chi connectivity index (χ2v) is 3.81. The van der Waals surface area contributed by atoms with Gasteiger partial charge < -0.3 is 9.84 Å². The van der Waals surface area contributed by atoms with Crippen LogP contribution >= 0.6 is 0 Å². The van der Waals surface area contributed by atoms with Gasteiger partial charge in [-0.1, -0.05) is 0 Å². The van der Waals surface area contributed by atoms with E-state index in [4.69, 9.17) is 5.11 Å². The van der Waals surface area contributed by atoms with Crippen molar-refractivity contribution in [3.63, 3.8) is 0 Å². The molecule has 6 nitrogen and oxygen atoms in total. The molecule has 0 amide bonds. The lowest BCUT2D eigenvalue weighted by Crippen LogP contribution is -2.45. The van der Waals surface area contributed by atoms with Crippen molar-refractivity contribution < 1.29 is 18.3 Å². The number of nitrogens with one attached hydrogen (secondary N) is 2. The smallest absolute Gasteiger partial charge is 0.277 e.